The number of benzene rings is 2. The fourth-order valence-electron chi connectivity index (χ4n) is 5.04. The number of aliphatic hydroxyl groups is 1. The van der Waals surface area contributed by atoms with E-state index in [-0.39, 0.29) is 12.0 Å². The van der Waals surface area contributed by atoms with E-state index in [1.54, 1.807) is 12.5 Å². The molecule has 10 heteroatoms. The van der Waals surface area contributed by atoms with Gasteiger partial charge in [0.05, 0.1) is 29.2 Å². The number of nitrogens with one attached hydrogen (secondary N) is 1. The maximum Gasteiger partial charge on any atom is 0.226 e. The summed E-state index contributed by atoms with van der Waals surface area (Å²) >= 11 is 0. The van der Waals surface area contributed by atoms with Gasteiger partial charge in [-0.2, -0.15) is 0 Å². The van der Waals surface area contributed by atoms with Crippen LogP contribution in [0.1, 0.15) is 32.3 Å². The van der Waals surface area contributed by atoms with Crippen LogP contribution in [0.2, 0.25) is 0 Å². The zero-order valence-electron chi connectivity index (χ0n) is 22.8. The number of hydrogen-bond acceptors (Lipinski definition) is 9. The van der Waals surface area contributed by atoms with Gasteiger partial charge in [-0.25, -0.2) is 24.9 Å². The Balaban J connectivity index is 1.20. The van der Waals surface area contributed by atoms with Crippen LogP contribution >= 0.6 is 0 Å². The number of anilines is 3. The van der Waals surface area contributed by atoms with Crippen molar-refractivity contribution in [3.63, 3.8) is 0 Å². The first-order valence-corrected chi connectivity index (χ1v) is 13.1. The summed E-state index contributed by atoms with van der Waals surface area (Å²) in [4.78, 5) is 24.7. The largest absolute Gasteiger partial charge is 0.457 e. The van der Waals surface area contributed by atoms with Gasteiger partial charge in [-0.15, -0.1) is 0 Å². The highest BCUT2D eigenvalue weighted by Gasteiger charge is 2.41. The second-order valence-corrected chi connectivity index (χ2v) is 10.9. The molecule has 10 nitrogen and oxygen atoms in total. The van der Waals surface area contributed by atoms with Crippen molar-refractivity contribution in [1.82, 2.24) is 29.5 Å². The van der Waals surface area contributed by atoms with Gasteiger partial charge >= 0.3 is 0 Å². The zero-order valence-corrected chi connectivity index (χ0v) is 22.8. The molecule has 3 aromatic heterocycles. The SMILES string of the molecule is Cc1cc(Nc2ncnc3cnc(N(C)[C@H]4C[C@@H](C(C)(C)O)C4)nc23)ccc1Oc1ccc2c(c1)ncn2C. The Bertz CT molecular complexity index is 1670. The molecule has 0 spiro atoms. The minimum absolute atomic E-state index is 0.277. The summed E-state index contributed by atoms with van der Waals surface area (Å²) in [5, 5.41) is 13.7. The smallest absolute Gasteiger partial charge is 0.226 e. The van der Waals surface area contributed by atoms with Crippen LogP contribution in [-0.4, -0.2) is 53.3 Å². The molecule has 0 aliphatic heterocycles. The number of imidazole rings is 1. The first-order valence-electron chi connectivity index (χ1n) is 13.1. The van der Waals surface area contributed by atoms with Gasteiger partial charge < -0.3 is 24.6 Å². The minimum atomic E-state index is -0.669. The van der Waals surface area contributed by atoms with Gasteiger partial charge in [0.25, 0.3) is 0 Å². The van der Waals surface area contributed by atoms with Gasteiger partial charge in [0.15, 0.2) is 5.82 Å². The third-order valence-corrected chi connectivity index (χ3v) is 7.70. The van der Waals surface area contributed by atoms with Crippen LogP contribution < -0.4 is 15.0 Å². The standard InChI is InChI=1S/C29H32N8O2/c1-17-10-19(6-9-25(17)39-21-7-8-24-22(13-21)33-16-36(24)4)34-27-26-23(31-15-32-27)14-30-28(35-26)37(5)20-11-18(12-20)29(2,3)38/h6-10,13-16,18,20,38H,11-12H2,1-5H3,(H,31,32,34)/t18-,20+. The van der Waals surface area contributed by atoms with Crippen molar-refractivity contribution in [3.05, 3.63) is 60.8 Å². The third-order valence-electron chi connectivity index (χ3n) is 7.70. The number of fused-ring (bicyclic) bond motifs is 2. The van der Waals surface area contributed by atoms with Gasteiger partial charge in [-0.1, -0.05) is 0 Å². The monoisotopic (exact) mass is 524 g/mol. The average Bonchev–Trinajstić information content (AvgIpc) is 3.23. The second-order valence-electron chi connectivity index (χ2n) is 10.9. The number of aryl methyl sites for hydroxylation is 2. The zero-order chi connectivity index (χ0) is 27.3. The lowest BCUT2D eigenvalue weighted by molar-refractivity contribution is -0.0267. The third kappa shape index (κ3) is 4.83. The number of hydrogen-bond donors (Lipinski definition) is 2. The first kappa shape index (κ1) is 25.0. The molecule has 39 heavy (non-hydrogen) atoms. The minimum Gasteiger partial charge on any atom is -0.457 e. The molecule has 1 aliphatic rings. The fraction of sp³-hybridized carbons (Fsp3) is 0.345. The molecule has 6 rings (SSSR count). The predicted octanol–water partition coefficient (Wildman–Crippen LogP) is 5.14. The molecule has 2 aromatic carbocycles. The van der Waals surface area contributed by atoms with Gasteiger partial charge in [0.1, 0.15) is 28.9 Å². The summed E-state index contributed by atoms with van der Waals surface area (Å²) in [6.07, 6.45) is 6.84. The van der Waals surface area contributed by atoms with Crippen LogP contribution in [0.4, 0.5) is 17.5 Å². The highest BCUT2D eigenvalue weighted by atomic mass is 16.5. The van der Waals surface area contributed by atoms with Crippen molar-refractivity contribution >= 4 is 39.5 Å². The van der Waals surface area contributed by atoms with Crippen LogP contribution in [0.5, 0.6) is 11.5 Å². The van der Waals surface area contributed by atoms with Crippen molar-refractivity contribution in [1.29, 1.82) is 0 Å². The van der Waals surface area contributed by atoms with Gasteiger partial charge in [-0.3, -0.25) is 0 Å². The summed E-state index contributed by atoms with van der Waals surface area (Å²) in [5.74, 6) is 3.00. The Morgan fingerprint density at radius 2 is 1.87 bits per heavy atom. The van der Waals surface area contributed by atoms with Gasteiger partial charge in [-0.05, 0) is 75.4 Å². The van der Waals surface area contributed by atoms with E-state index in [2.05, 4.69) is 30.2 Å². The molecule has 0 unspecified atom stereocenters. The molecule has 0 bridgehead atoms. The van der Waals surface area contributed by atoms with Crippen molar-refractivity contribution < 1.29 is 9.84 Å². The highest BCUT2D eigenvalue weighted by Crippen LogP contribution is 2.39. The normalized spacial score (nSPS) is 17.3. The average molecular weight is 525 g/mol. The van der Waals surface area contributed by atoms with Crippen molar-refractivity contribution in [2.24, 2.45) is 13.0 Å². The molecular weight excluding hydrogens is 492 g/mol. The molecule has 1 fully saturated rings. The number of nitrogens with zero attached hydrogens (tertiary/aromatic N) is 7. The Morgan fingerprint density at radius 3 is 2.64 bits per heavy atom. The van der Waals surface area contributed by atoms with E-state index >= 15 is 0 Å². The lowest BCUT2D eigenvalue weighted by Crippen LogP contribution is -2.50. The summed E-state index contributed by atoms with van der Waals surface area (Å²) in [5.41, 5.74) is 4.42. The molecule has 0 saturated heterocycles. The van der Waals surface area contributed by atoms with Crippen LogP contribution in [0.3, 0.4) is 0 Å². The Hall–Kier alpha value is -4.31. The molecule has 5 aromatic rings. The van der Waals surface area contributed by atoms with E-state index in [4.69, 9.17) is 9.72 Å². The predicted molar refractivity (Wildman–Crippen MR) is 152 cm³/mol. The Morgan fingerprint density at radius 1 is 1.05 bits per heavy atom. The number of ether oxygens (including phenoxy) is 1. The first-order chi connectivity index (χ1) is 18.7. The lowest BCUT2D eigenvalue weighted by atomic mass is 9.71. The van der Waals surface area contributed by atoms with E-state index in [1.165, 1.54) is 6.33 Å². The molecule has 0 amide bonds. The molecule has 0 atom stereocenters. The van der Waals surface area contributed by atoms with E-state index < -0.39 is 5.60 Å². The van der Waals surface area contributed by atoms with Gasteiger partial charge in [0, 0.05) is 31.9 Å². The maximum atomic E-state index is 10.3. The molecule has 1 saturated carbocycles. The molecule has 2 N–H and O–H groups in total. The Kier molecular flexibility index (Phi) is 6.06. The van der Waals surface area contributed by atoms with Crippen molar-refractivity contribution in [2.75, 3.05) is 17.3 Å². The molecule has 1 aliphatic carbocycles. The second kappa shape index (κ2) is 9.46. The summed E-state index contributed by atoms with van der Waals surface area (Å²) < 4.78 is 8.15. The summed E-state index contributed by atoms with van der Waals surface area (Å²) in [6.45, 7) is 5.75. The van der Waals surface area contributed by atoms with Crippen molar-refractivity contribution in [3.8, 4) is 11.5 Å². The molecule has 3 heterocycles. The van der Waals surface area contributed by atoms with Crippen molar-refractivity contribution in [2.45, 2.75) is 45.3 Å². The van der Waals surface area contributed by atoms with Gasteiger partial charge in [0.2, 0.25) is 5.95 Å². The van der Waals surface area contributed by atoms with E-state index in [0.717, 1.165) is 46.6 Å². The van der Waals surface area contributed by atoms with E-state index in [0.29, 0.717) is 22.8 Å². The fourth-order valence-corrected chi connectivity index (χ4v) is 5.04. The highest BCUT2D eigenvalue weighted by molar-refractivity contribution is 5.87. The van der Waals surface area contributed by atoms with E-state index in [1.807, 2.05) is 75.8 Å². The molecule has 200 valence electrons. The Labute approximate surface area is 226 Å². The van der Waals surface area contributed by atoms with Crippen LogP contribution in [0, 0.1) is 12.8 Å². The maximum absolute atomic E-state index is 10.3. The molecular formula is C29H32N8O2. The number of aromatic nitrogens is 6. The van der Waals surface area contributed by atoms with Crippen LogP contribution in [0.25, 0.3) is 22.1 Å². The topological polar surface area (TPSA) is 114 Å². The quantitative estimate of drug-likeness (QED) is 0.299. The van der Waals surface area contributed by atoms with E-state index in [9.17, 15) is 5.11 Å². The van der Waals surface area contributed by atoms with Crippen LogP contribution in [-0.2, 0) is 7.05 Å². The van der Waals surface area contributed by atoms with Crippen LogP contribution in [0.15, 0.2) is 55.2 Å². The molecule has 0 radical (unpaired) electrons. The lowest BCUT2D eigenvalue weighted by Gasteiger charge is -2.46. The summed E-state index contributed by atoms with van der Waals surface area (Å²) in [6, 6.07) is 12.1. The summed E-state index contributed by atoms with van der Waals surface area (Å²) in [7, 11) is 3.97. The number of rotatable bonds is 7.